The first-order valence-electron chi connectivity index (χ1n) is 9.42. The molecule has 0 saturated heterocycles. The molecule has 0 aromatic carbocycles. The lowest BCUT2D eigenvalue weighted by Gasteiger charge is -2.08. The molecular weight excluding hydrogens is 374 g/mol. The summed E-state index contributed by atoms with van der Waals surface area (Å²) in [4.78, 5) is 23.2. The fourth-order valence-corrected chi connectivity index (χ4v) is 3.17. The average molecular weight is 399 g/mol. The van der Waals surface area contributed by atoms with E-state index in [0.717, 1.165) is 29.2 Å². The van der Waals surface area contributed by atoms with E-state index in [9.17, 15) is 9.59 Å². The van der Waals surface area contributed by atoms with E-state index in [4.69, 9.17) is 5.11 Å². The van der Waals surface area contributed by atoms with Crippen LogP contribution in [0.3, 0.4) is 0 Å². The summed E-state index contributed by atoms with van der Waals surface area (Å²) in [6.45, 7) is 9.54. The number of carboxylic acids is 1. The molecule has 0 aliphatic heterocycles. The van der Waals surface area contributed by atoms with Crippen molar-refractivity contribution in [2.24, 2.45) is 0 Å². The molecule has 10 heteroatoms. The summed E-state index contributed by atoms with van der Waals surface area (Å²) in [5.41, 5.74) is 4.45. The molecule has 0 unspecified atom stereocenters. The topological polar surface area (TPSA) is 120 Å². The Morgan fingerprint density at radius 1 is 1.14 bits per heavy atom. The number of hydrogen-bond donors (Lipinski definition) is 2. The fourth-order valence-electron chi connectivity index (χ4n) is 3.17. The third kappa shape index (κ3) is 4.36. The highest BCUT2D eigenvalue weighted by Gasteiger charge is 2.16. The van der Waals surface area contributed by atoms with E-state index in [1.807, 2.05) is 43.3 Å². The van der Waals surface area contributed by atoms with Gasteiger partial charge in [-0.05, 0) is 33.8 Å². The van der Waals surface area contributed by atoms with E-state index >= 15 is 0 Å². The van der Waals surface area contributed by atoms with Crippen molar-refractivity contribution in [2.75, 3.05) is 5.32 Å². The molecule has 0 aliphatic carbocycles. The van der Waals surface area contributed by atoms with Crippen LogP contribution in [0.25, 0.3) is 0 Å². The van der Waals surface area contributed by atoms with Crippen LogP contribution in [0.15, 0.2) is 18.5 Å². The number of rotatable bonds is 8. The Labute approximate surface area is 168 Å². The molecular formula is C19H25N7O3. The molecule has 154 valence electrons. The molecule has 29 heavy (non-hydrogen) atoms. The van der Waals surface area contributed by atoms with Crippen LogP contribution in [-0.4, -0.2) is 46.3 Å². The van der Waals surface area contributed by atoms with Crippen molar-refractivity contribution in [3.8, 4) is 0 Å². The molecule has 0 fully saturated rings. The lowest BCUT2D eigenvalue weighted by molar-refractivity contribution is -0.116. The van der Waals surface area contributed by atoms with E-state index in [1.165, 1.54) is 10.7 Å². The van der Waals surface area contributed by atoms with E-state index in [-0.39, 0.29) is 18.0 Å². The second-order valence-electron chi connectivity index (χ2n) is 6.84. The van der Waals surface area contributed by atoms with Gasteiger partial charge in [0.25, 0.3) is 0 Å². The fraction of sp³-hybridized carbons (Fsp3) is 0.421. The molecule has 0 atom stereocenters. The van der Waals surface area contributed by atoms with Crippen molar-refractivity contribution in [3.05, 3.63) is 46.8 Å². The second-order valence-corrected chi connectivity index (χ2v) is 6.84. The summed E-state index contributed by atoms with van der Waals surface area (Å²) >= 11 is 0. The molecule has 3 heterocycles. The van der Waals surface area contributed by atoms with Crippen molar-refractivity contribution in [2.45, 2.75) is 53.8 Å². The van der Waals surface area contributed by atoms with Gasteiger partial charge in [-0.3, -0.25) is 18.8 Å². The molecule has 2 N–H and O–H groups in total. The van der Waals surface area contributed by atoms with Gasteiger partial charge in [0.2, 0.25) is 5.91 Å². The summed E-state index contributed by atoms with van der Waals surface area (Å²) in [6, 6.07) is 1.40. The predicted octanol–water partition coefficient (Wildman–Crippen LogP) is 2.00. The zero-order valence-corrected chi connectivity index (χ0v) is 17.0. The van der Waals surface area contributed by atoms with Gasteiger partial charge in [0, 0.05) is 37.0 Å². The third-order valence-corrected chi connectivity index (χ3v) is 4.90. The van der Waals surface area contributed by atoms with Gasteiger partial charge in [-0.15, -0.1) is 0 Å². The standard InChI is InChI=1S/C19H25N7O3/c1-5-25-13(3)15(10-20-25)11-26-14(4)18(12(2)22-26)21-17(27)7-9-24-8-6-16(23-24)19(28)29/h6,8,10H,5,7,9,11H2,1-4H3,(H,21,27)(H,28,29). The van der Waals surface area contributed by atoms with Crippen molar-refractivity contribution < 1.29 is 14.7 Å². The van der Waals surface area contributed by atoms with E-state index in [2.05, 4.69) is 20.6 Å². The van der Waals surface area contributed by atoms with Gasteiger partial charge in [-0.25, -0.2) is 4.79 Å². The van der Waals surface area contributed by atoms with Crippen LogP contribution in [-0.2, 0) is 24.4 Å². The summed E-state index contributed by atoms with van der Waals surface area (Å²) in [7, 11) is 0. The zero-order chi connectivity index (χ0) is 21.1. The Bertz CT molecular complexity index is 1040. The molecule has 0 spiro atoms. The summed E-state index contributed by atoms with van der Waals surface area (Å²) < 4.78 is 5.25. The van der Waals surface area contributed by atoms with Crippen LogP contribution in [0, 0.1) is 20.8 Å². The Hall–Kier alpha value is -3.43. The molecule has 0 radical (unpaired) electrons. The van der Waals surface area contributed by atoms with Gasteiger partial charge in [-0.2, -0.15) is 15.3 Å². The molecule has 3 aromatic rings. The predicted molar refractivity (Wildman–Crippen MR) is 106 cm³/mol. The first kappa shape index (κ1) is 20.3. The van der Waals surface area contributed by atoms with Crippen molar-refractivity contribution in [1.29, 1.82) is 0 Å². The maximum absolute atomic E-state index is 12.4. The number of nitrogens with zero attached hydrogens (tertiary/aromatic N) is 6. The molecule has 0 bridgehead atoms. The summed E-state index contributed by atoms with van der Waals surface area (Å²) in [6.07, 6.45) is 3.57. The average Bonchev–Trinajstić information content (AvgIpc) is 3.36. The maximum atomic E-state index is 12.4. The van der Waals surface area contributed by atoms with Gasteiger partial charge in [-0.1, -0.05) is 0 Å². The SMILES string of the molecule is CCn1ncc(Cn2nc(C)c(NC(=O)CCn3ccc(C(=O)O)n3)c2C)c1C. The Morgan fingerprint density at radius 2 is 1.90 bits per heavy atom. The number of amides is 1. The van der Waals surface area contributed by atoms with E-state index < -0.39 is 5.97 Å². The normalized spacial score (nSPS) is 11.0. The van der Waals surface area contributed by atoms with Crippen LogP contribution < -0.4 is 5.32 Å². The maximum Gasteiger partial charge on any atom is 0.356 e. The molecule has 10 nitrogen and oxygen atoms in total. The monoisotopic (exact) mass is 399 g/mol. The van der Waals surface area contributed by atoms with Gasteiger partial charge in [0.1, 0.15) is 0 Å². The molecule has 1 amide bonds. The van der Waals surface area contributed by atoms with Gasteiger partial charge >= 0.3 is 5.97 Å². The van der Waals surface area contributed by atoms with Crippen LogP contribution in [0.1, 0.15) is 46.5 Å². The number of hydrogen-bond acceptors (Lipinski definition) is 5. The second kappa shape index (κ2) is 8.29. The first-order valence-corrected chi connectivity index (χ1v) is 9.42. The number of carbonyl (C=O) groups excluding carboxylic acids is 1. The van der Waals surface area contributed by atoms with Crippen LogP contribution in [0.4, 0.5) is 5.69 Å². The lowest BCUT2D eigenvalue weighted by Crippen LogP contribution is -2.16. The highest BCUT2D eigenvalue weighted by Crippen LogP contribution is 2.21. The largest absolute Gasteiger partial charge is 0.476 e. The Balaban J connectivity index is 1.65. The molecule has 3 aromatic heterocycles. The number of carbonyl (C=O) groups is 2. The molecule has 0 saturated carbocycles. The number of aromatic nitrogens is 6. The van der Waals surface area contributed by atoms with Gasteiger partial charge in [0.05, 0.1) is 29.8 Å². The number of aromatic carboxylic acids is 1. The summed E-state index contributed by atoms with van der Waals surface area (Å²) in [5, 5.41) is 24.6. The number of anilines is 1. The highest BCUT2D eigenvalue weighted by atomic mass is 16.4. The van der Waals surface area contributed by atoms with Crippen molar-refractivity contribution in [3.63, 3.8) is 0 Å². The first-order chi connectivity index (χ1) is 13.8. The molecule has 0 aliphatic rings. The van der Waals surface area contributed by atoms with Gasteiger partial charge < -0.3 is 10.4 Å². The number of carboxylic acid groups (broad SMARTS) is 1. The zero-order valence-electron chi connectivity index (χ0n) is 17.0. The van der Waals surface area contributed by atoms with E-state index in [1.54, 1.807) is 6.20 Å². The van der Waals surface area contributed by atoms with Gasteiger partial charge in [0.15, 0.2) is 5.69 Å². The Morgan fingerprint density at radius 3 is 2.52 bits per heavy atom. The van der Waals surface area contributed by atoms with Crippen molar-refractivity contribution >= 4 is 17.6 Å². The van der Waals surface area contributed by atoms with Crippen molar-refractivity contribution in [1.82, 2.24) is 29.3 Å². The van der Waals surface area contributed by atoms with Crippen LogP contribution >= 0.6 is 0 Å². The minimum absolute atomic E-state index is 0.0416. The lowest BCUT2D eigenvalue weighted by atomic mass is 10.2. The minimum atomic E-state index is -1.09. The number of aryl methyl sites for hydroxylation is 3. The quantitative estimate of drug-likeness (QED) is 0.598. The van der Waals surface area contributed by atoms with Crippen LogP contribution in [0.5, 0.6) is 0 Å². The van der Waals surface area contributed by atoms with E-state index in [0.29, 0.717) is 18.8 Å². The number of nitrogens with one attached hydrogen (secondary N) is 1. The van der Waals surface area contributed by atoms with Crippen LogP contribution in [0.2, 0.25) is 0 Å². The summed E-state index contributed by atoms with van der Waals surface area (Å²) in [5.74, 6) is -1.27. The smallest absolute Gasteiger partial charge is 0.356 e. The highest BCUT2D eigenvalue weighted by molar-refractivity contribution is 5.91. The minimum Gasteiger partial charge on any atom is -0.476 e. The third-order valence-electron chi connectivity index (χ3n) is 4.90. The Kier molecular flexibility index (Phi) is 5.81. The molecule has 3 rings (SSSR count).